The molecule has 2 aromatic rings. The van der Waals surface area contributed by atoms with Crippen LogP contribution in [0.25, 0.3) is 0 Å². The molecular formula is C19H18F3NO3S. The Kier molecular flexibility index (Phi) is 5.55. The number of carbonyl (C=O) groups excluding carboxylic acids is 1. The van der Waals surface area contributed by atoms with E-state index < -0.39 is 22.9 Å². The van der Waals surface area contributed by atoms with Gasteiger partial charge in [-0.2, -0.15) is 13.2 Å². The Labute approximate surface area is 157 Å². The van der Waals surface area contributed by atoms with Crippen LogP contribution in [0.4, 0.5) is 13.2 Å². The van der Waals surface area contributed by atoms with E-state index in [1.807, 2.05) is 6.07 Å². The largest absolute Gasteiger partial charge is 0.495 e. The molecule has 144 valence electrons. The van der Waals surface area contributed by atoms with Crippen molar-refractivity contribution in [1.29, 1.82) is 0 Å². The van der Waals surface area contributed by atoms with Crippen molar-refractivity contribution in [2.45, 2.75) is 28.8 Å². The maximum atomic E-state index is 12.9. The first kappa shape index (κ1) is 19.4. The Morgan fingerprint density at radius 3 is 2.22 bits per heavy atom. The fourth-order valence-electron chi connectivity index (χ4n) is 3.09. The lowest BCUT2D eigenvalue weighted by Crippen LogP contribution is -2.42. The number of hydrogen-bond acceptors (Lipinski definition) is 3. The van der Waals surface area contributed by atoms with Crippen LogP contribution in [0.1, 0.15) is 11.1 Å². The van der Waals surface area contributed by atoms with E-state index in [4.69, 9.17) is 4.74 Å². The SMILES string of the molecule is COc1cc2c(cc1S(=O)c1ccccc1)CCN(C(=O)C(F)(F)F)CC2. The Bertz CT molecular complexity index is 868. The number of nitrogens with zero attached hydrogens (tertiary/aromatic N) is 1. The standard InChI is InChI=1S/C19H18F3NO3S/c1-26-16-11-13-7-9-23(18(24)19(20,21)22)10-8-14(13)12-17(16)27(25)15-5-3-2-4-6-15/h2-6,11-12H,7-10H2,1H3. The van der Waals surface area contributed by atoms with Crippen LogP contribution in [0.15, 0.2) is 52.3 Å². The summed E-state index contributed by atoms with van der Waals surface area (Å²) in [6.07, 6.45) is -4.33. The summed E-state index contributed by atoms with van der Waals surface area (Å²) in [7, 11) is -0.0172. The van der Waals surface area contributed by atoms with Gasteiger partial charge in [0, 0.05) is 18.0 Å². The van der Waals surface area contributed by atoms with Gasteiger partial charge in [-0.05, 0) is 48.2 Å². The van der Waals surface area contributed by atoms with Crippen LogP contribution >= 0.6 is 0 Å². The number of methoxy groups -OCH3 is 1. The molecule has 27 heavy (non-hydrogen) atoms. The summed E-state index contributed by atoms with van der Waals surface area (Å²) in [4.78, 5) is 13.4. The smallest absolute Gasteiger partial charge is 0.471 e. The molecule has 0 aromatic heterocycles. The lowest BCUT2D eigenvalue weighted by atomic mass is 10.0. The molecule has 2 aromatic carbocycles. The predicted molar refractivity (Wildman–Crippen MR) is 94.2 cm³/mol. The second-order valence-electron chi connectivity index (χ2n) is 6.14. The normalized spacial score (nSPS) is 15.6. The van der Waals surface area contributed by atoms with Crippen LogP contribution in [-0.2, 0) is 28.4 Å². The first-order chi connectivity index (χ1) is 12.8. The van der Waals surface area contributed by atoms with Gasteiger partial charge in [0.05, 0.1) is 22.8 Å². The number of halogens is 3. The molecule has 0 bridgehead atoms. The van der Waals surface area contributed by atoms with E-state index in [0.29, 0.717) is 15.5 Å². The molecule has 1 unspecified atom stereocenters. The van der Waals surface area contributed by atoms with E-state index in [1.54, 1.807) is 36.4 Å². The summed E-state index contributed by atoms with van der Waals surface area (Å²) in [5, 5.41) is 0. The quantitative estimate of drug-likeness (QED) is 0.798. The average Bonchev–Trinajstić information content (AvgIpc) is 2.87. The second-order valence-corrected chi connectivity index (χ2v) is 7.59. The van der Waals surface area contributed by atoms with Crippen molar-refractivity contribution in [3.63, 3.8) is 0 Å². The molecule has 0 saturated heterocycles. The molecule has 4 nitrogen and oxygen atoms in total. The lowest BCUT2D eigenvalue weighted by molar-refractivity contribution is -0.185. The molecule has 0 radical (unpaired) electrons. The van der Waals surface area contributed by atoms with Crippen LogP contribution in [0, 0.1) is 0 Å². The molecule has 0 fully saturated rings. The van der Waals surface area contributed by atoms with Crippen LogP contribution in [0.3, 0.4) is 0 Å². The molecule has 3 rings (SSSR count). The van der Waals surface area contributed by atoms with Gasteiger partial charge in [0.2, 0.25) is 0 Å². The number of amides is 1. The van der Waals surface area contributed by atoms with Crippen molar-refractivity contribution in [3.8, 4) is 5.75 Å². The zero-order valence-electron chi connectivity index (χ0n) is 14.6. The van der Waals surface area contributed by atoms with E-state index in [2.05, 4.69) is 0 Å². The summed E-state index contributed by atoms with van der Waals surface area (Å²) < 4.78 is 56.4. The van der Waals surface area contributed by atoms with E-state index in [9.17, 15) is 22.2 Å². The highest BCUT2D eigenvalue weighted by atomic mass is 32.2. The molecule has 0 aliphatic carbocycles. The highest BCUT2D eigenvalue weighted by molar-refractivity contribution is 7.85. The molecule has 1 atom stereocenters. The summed E-state index contributed by atoms with van der Waals surface area (Å²) in [6, 6.07) is 12.3. The van der Waals surface area contributed by atoms with Crippen LogP contribution in [0.2, 0.25) is 0 Å². The molecule has 1 aliphatic rings. The number of carbonyl (C=O) groups is 1. The summed E-state index contributed by atoms with van der Waals surface area (Å²) in [5.74, 6) is -1.40. The number of fused-ring (bicyclic) bond motifs is 1. The van der Waals surface area contributed by atoms with Gasteiger partial charge in [0.15, 0.2) is 0 Å². The number of rotatable bonds is 3. The molecule has 1 aliphatic heterocycles. The minimum Gasteiger partial charge on any atom is -0.495 e. The third-order valence-electron chi connectivity index (χ3n) is 4.47. The van der Waals surface area contributed by atoms with Crippen LogP contribution < -0.4 is 4.74 Å². The van der Waals surface area contributed by atoms with Gasteiger partial charge in [0.25, 0.3) is 0 Å². The van der Waals surface area contributed by atoms with E-state index in [-0.39, 0.29) is 25.9 Å². The topological polar surface area (TPSA) is 46.6 Å². The zero-order chi connectivity index (χ0) is 19.6. The Hall–Kier alpha value is -2.35. The fourth-order valence-corrected chi connectivity index (χ4v) is 4.32. The molecule has 0 saturated carbocycles. The van der Waals surface area contributed by atoms with Crippen molar-refractivity contribution < 1.29 is 26.9 Å². The first-order valence-electron chi connectivity index (χ1n) is 8.34. The monoisotopic (exact) mass is 397 g/mol. The second kappa shape index (κ2) is 7.72. The van der Waals surface area contributed by atoms with Crippen molar-refractivity contribution in [3.05, 3.63) is 53.6 Å². The Morgan fingerprint density at radius 1 is 1.07 bits per heavy atom. The van der Waals surface area contributed by atoms with Crippen molar-refractivity contribution >= 4 is 16.7 Å². The molecule has 0 N–H and O–H groups in total. The summed E-state index contributed by atoms with van der Waals surface area (Å²) >= 11 is 0. The molecule has 0 spiro atoms. The minimum atomic E-state index is -4.88. The van der Waals surface area contributed by atoms with Crippen molar-refractivity contribution in [2.75, 3.05) is 20.2 Å². The van der Waals surface area contributed by atoms with Gasteiger partial charge >= 0.3 is 12.1 Å². The van der Waals surface area contributed by atoms with Gasteiger partial charge < -0.3 is 9.64 Å². The maximum Gasteiger partial charge on any atom is 0.471 e. The number of ether oxygens (including phenoxy) is 1. The third-order valence-corrected chi connectivity index (χ3v) is 5.89. The molecule has 8 heteroatoms. The van der Waals surface area contributed by atoms with Gasteiger partial charge in [-0.1, -0.05) is 18.2 Å². The number of benzene rings is 2. The lowest BCUT2D eigenvalue weighted by Gasteiger charge is -2.21. The predicted octanol–water partition coefficient (Wildman–Crippen LogP) is 3.35. The van der Waals surface area contributed by atoms with Gasteiger partial charge in [-0.3, -0.25) is 4.79 Å². The van der Waals surface area contributed by atoms with E-state index in [0.717, 1.165) is 16.0 Å². The van der Waals surface area contributed by atoms with Gasteiger partial charge in [0.1, 0.15) is 5.75 Å². The highest BCUT2D eigenvalue weighted by Gasteiger charge is 2.42. The van der Waals surface area contributed by atoms with E-state index >= 15 is 0 Å². The molecule has 1 heterocycles. The van der Waals surface area contributed by atoms with Crippen molar-refractivity contribution in [2.24, 2.45) is 0 Å². The first-order valence-corrected chi connectivity index (χ1v) is 9.49. The number of hydrogen-bond donors (Lipinski definition) is 0. The summed E-state index contributed by atoms with van der Waals surface area (Å²) in [5.41, 5.74) is 1.59. The third kappa shape index (κ3) is 4.16. The minimum absolute atomic E-state index is 0.0182. The number of alkyl halides is 3. The Balaban J connectivity index is 1.91. The van der Waals surface area contributed by atoms with Gasteiger partial charge in [-0.25, -0.2) is 4.21 Å². The zero-order valence-corrected chi connectivity index (χ0v) is 15.4. The maximum absolute atomic E-state index is 12.9. The van der Waals surface area contributed by atoms with Gasteiger partial charge in [-0.15, -0.1) is 0 Å². The molecular weight excluding hydrogens is 379 g/mol. The fraction of sp³-hybridized carbons (Fsp3) is 0.316. The van der Waals surface area contributed by atoms with Crippen LogP contribution in [-0.4, -0.2) is 41.4 Å². The van der Waals surface area contributed by atoms with Crippen LogP contribution in [0.5, 0.6) is 5.75 Å². The van der Waals surface area contributed by atoms with Crippen molar-refractivity contribution in [1.82, 2.24) is 4.90 Å². The molecule has 1 amide bonds. The average molecular weight is 397 g/mol. The highest BCUT2D eigenvalue weighted by Crippen LogP contribution is 2.32. The Morgan fingerprint density at radius 2 is 1.67 bits per heavy atom. The summed E-state index contributed by atoms with van der Waals surface area (Å²) in [6.45, 7) is -0.0509. The van der Waals surface area contributed by atoms with E-state index in [1.165, 1.54) is 7.11 Å².